The third-order valence-corrected chi connectivity index (χ3v) is 3.08. The molecule has 2 nitrogen and oxygen atoms in total. The molecule has 2 rings (SSSR count). The topological polar surface area (TPSA) is 29.5 Å². The van der Waals surface area contributed by atoms with Crippen LogP contribution in [0, 0.1) is 11.8 Å². The van der Waals surface area contributed by atoms with Gasteiger partial charge in [0.1, 0.15) is 19.0 Å². The van der Waals surface area contributed by atoms with Crippen LogP contribution in [-0.4, -0.2) is 11.7 Å². The highest BCUT2D eigenvalue weighted by Gasteiger charge is 2.02. The number of hydrogen-bond donors (Lipinski definition) is 1. The molecule has 0 saturated heterocycles. The van der Waals surface area contributed by atoms with Gasteiger partial charge in [0.15, 0.2) is 0 Å². The zero-order valence-corrected chi connectivity index (χ0v) is 12.1. The van der Waals surface area contributed by atoms with Gasteiger partial charge in [0.2, 0.25) is 0 Å². The summed E-state index contributed by atoms with van der Waals surface area (Å²) in [6.07, 6.45) is 0. The minimum Gasteiger partial charge on any atom is -0.487 e. The van der Waals surface area contributed by atoms with Gasteiger partial charge in [-0.3, -0.25) is 0 Å². The molecule has 4 heteroatoms. The Morgan fingerprint density at radius 1 is 1.05 bits per heavy atom. The van der Waals surface area contributed by atoms with Gasteiger partial charge in [0.05, 0.1) is 5.02 Å². The van der Waals surface area contributed by atoms with Crippen molar-refractivity contribution in [2.24, 2.45) is 0 Å². The van der Waals surface area contributed by atoms with Crippen molar-refractivity contribution in [3.05, 3.63) is 63.6 Å². The zero-order valence-electron chi connectivity index (χ0n) is 10.6. The summed E-state index contributed by atoms with van der Waals surface area (Å²) in [4.78, 5) is 0. The molecule has 0 atom stereocenters. The molecule has 0 heterocycles. The van der Waals surface area contributed by atoms with E-state index in [1.54, 1.807) is 18.2 Å². The fraction of sp³-hybridized carbons (Fsp3) is 0.125. The molecule has 0 aliphatic rings. The van der Waals surface area contributed by atoms with Crippen LogP contribution in [0.25, 0.3) is 0 Å². The second-order valence-electron chi connectivity index (χ2n) is 4.02. The van der Waals surface area contributed by atoms with E-state index in [-0.39, 0.29) is 6.61 Å². The SMILES string of the molecule is OCC#Cc1ccc(COc2ccc(Cl)cc2Cl)cc1. The molecule has 0 unspecified atom stereocenters. The summed E-state index contributed by atoms with van der Waals surface area (Å²) < 4.78 is 5.63. The highest BCUT2D eigenvalue weighted by Crippen LogP contribution is 2.28. The number of halogens is 2. The van der Waals surface area contributed by atoms with E-state index < -0.39 is 0 Å². The Labute approximate surface area is 127 Å². The first kappa shape index (κ1) is 14.7. The van der Waals surface area contributed by atoms with Gasteiger partial charge in [-0.15, -0.1) is 0 Å². The van der Waals surface area contributed by atoms with Crippen molar-refractivity contribution in [1.29, 1.82) is 0 Å². The fourth-order valence-corrected chi connectivity index (χ4v) is 2.04. The second kappa shape index (κ2) is 7.21. The number of ether oxygens (including phenoxy) is 1. The molecular weight excluding hydrogens is 295 g/mol. The Kier molecular flexibility index (Phi) is 5.31. The maximum atomic E-state index is 8.62. The van der Waals surface area contributed by atoms with E-state index >= 15 is 0 Å². The van der Waals surface area contributed by atoms with Crippen molar-refractivity contribution in [1.82, 2.24) is 0 Å². The van der Waals surface area contributed by atoms with Gasteiger partial charge in [-0.05, 0) is 35.9 Å². The summed E-state index contributed by atoms with van der Waals surface area (Å²) in [7, 11) is 0. The van der Waals surface area contributed by atoms with E-state index in [1.807, 2.05) is 24.3 Å². The Balaban J connectivity index is 2.00. The fourth-order valence-electron chi connectivity index (χ4n) is 1.58. The molecule has 0 aliphatic carbocycles. The summed E-state index contributed by atoms with van der Waals surface area (Å²) in [5.41, 5.74) is 1.86. The Morgan fingerprint density at radius 2 is 1.80 bits per heavy atom. The van der Waals surface area contributed by atoms with E-state index in [0.29, 0.717) is 22.4 Å². The van der Waals surface area contributed by atoms with Gasteiger partial charge in [0.25, 0.3) is 0 Å². The smallest absolute Gasteiger partial charge is 0.138 e. The van der Waals surface area contributed by atoms with Crippen molar-refractivity contribution in [2.45, 2.75) is 6.61 Å². The van der Waals surface area contributed by atoms with Gasteiger partial charge in [-0.1, -0.05) is 47.2 Å². The van der Waals surface area contributed by atoms with Crippen molar-refractivity contribution in [3.63, 3.8) is 0 Å². The first-order chi connectivity index (χ1) is 9.69. The number of rotatable bonds is 3. The highest BCUT2D eigenvalue weighted by molar-refractivity contribution is 6.35. The molecule has 0 radical (unpaired) electrons. The van der Waals surface area contributed by atoms with Crippen LogP contribution < -0.4 is 4.74 Å². The third-order valence-electron chi connectivity index (χ3n) is 2.55. The lowest BCUT2D eigenvalue weighted by Gasteiger charge is -2.08. The number of aliphatic hydroxyl groups excluding tert-OH is 1. The Morgan fingerprint density at radius 3 is 2.45 bits per heavy atom. The van der Waals surface area contributed by atoms with Crippen LogP contribution in [0.3, 0.4) is 0 Å². The minimum atomic E-state index is -0.139. The molecule has 2 aromatic rings. The maximum Gasteiger partial charge on any atom is 0.138 e. The second-order valence-corrected chi connectivity index (χ2v) is 4.86. The normalized spacial score (nSPS) is 9.75. The lowest BCUT2D eigenvalue weighted by molar-refractivity contribution is 0.306. The number of hydrogen-bond acceptors (Lipinski definition) is 2. The largest absolute Gasteiger partial charge is 0.487 e. The van der Waals surface area contributed by atoms with Gasteiger partial charge in [-0.25, -0.2) is 0 Å². The lowest BCUT2D eigenvalue weighted by atomic mass is 10.1. The van der Waals surface area contributed by atoms with E-state index in [2.05, 4.69) is 11.8 Å². The van der Waals surface area contributed by atoms with Crippen LogP contribution in [0.5, 0.6) is 5.75 Å². The third kappa shape index (κ3) is 4.18. The van der Waals surface area contributed by atoms with Gasteiger partial charge in [-0.2, -0.15) is 0 Å². The zero-order chi connectivity index (χ0) is 14.4. The van der Waals surface area contributed by atoms with Crippen molar-refractivity contribution in [2.75, 3.05) is 6.61 Å². The predicted octanol–water partition coefficient (Wildman–Crippen LogP) is 3.92. The molecule has 2 aromatic carbocycles. The Hall–Kier alpha value is -1.66. The molecule has 20 heavy (non-hydrogen) atoms. The van der Waals surface area contributed by atoms with Crippen LogP contribution in [-0.2, 0) is 6.61 Å². The minimum absolute atomic E-state index is 0.139. The van der Waals surface area contributed by atoms with E-state index in [9.17, 15) is 0 Å². The van der Waals surface area contributed by atoms with Crippen LogP contribution in [0.15, 0.2) is 42.5 Å². The van der Waals surface area contributed by atoms with Gasteiger partial charge in [0, 0.05) is 10.6 Å². The van der Waals surface area contributed by atoms with Gasteiger partial charge >= 0.3 is 0 Å². The van der Waals surface area contributed by atoms with Crippen molar-refractivity contribution in [3.8, 4) is 17.6 Å². The molecule has 0 aliphatic heterocycles. The van der Waals surface area contributed by atoms with E-state index in [4.69, 9.17) is 33.0 Å². The first-order valence-corrected chi connectivity index (χ1v) is 6.71. The van der Waals surface area contributed by atoms with Crippen LogP contribution in [0.2, 0.25) is 10.0 Å². The lowest BCUT2D eigenvalue weighted by Crippen LogP contribution is -1.96. The number of aliphatic hydroxyl groups is 1. The predicted molar refractivity (Wildman–Crippen MR) is 81.2 cm³/mol. The molecular formula is C16H12Cl2O2. The molecule has 0 saturated carbocycles. The highest BCUT2D eigenvalue weighted by atomic mass is 35.5. The quantitative estimate of drug-likeness (QED) is 0.871. The molecule has 0 spiro atoms. The monoisotopic (exact) mass is 306 g/mol. The summed E-state index contributed by atoms with van der Waals surface area (Å²) in [6, 6.07) is 12.7. The van der Waals surface area contributed by atoms with Crippen molar-refractivity contribution < 1.29 is 9.84 Å². The van der Waals surface area contributed by atoms with E-state index in [1.165, 1.54) is 0 Å². The van der Waals surface area contributed by atoms with E-state index in [0.717, 1.165) is 11.1 Å². The summed E-state index contributed by atoms with van der Waals surface area (Å²) in [5.74, 6) is 6.03. The van der Waals surface area contributed by atoms with Crippen LogP contribution in [0.1, 0.15) is 11.1 Å². The maximum absolute atomic E-state index is 8.62. The standard InChI is InChI=1S/C16H12Cl2O2/c17-14-7-8-16(15(18)10-14)20-11-13-5-3-12(4-6-13)2-1-9-19/h3-8,10,19H,9,11H2. The molecule has 0 bridgehead atoms. The number of benzene rings is 2. The molecule has 1 N–H and O–H groups in total. The molecule has 102 valence electrons. The first-order valence-electron chi connectivity index (χ1n) is 5.95. The van der Waals surface area contributed by atoms with Crippen molar-refractivity contribution >= 4 is 23.2 Å². The summed E-state index contributed by atoms with van der Waals surface area (Å²) in [5, 5.41) is 9.69. The molecule has 0 amide bonds. The summed E-state index contributed by atoms with van der Waals surface area (Å²) >= 11 is 11.8. The average Bonchev–Trinajstić information content (AvgIpc) is 2.45. The van der Waals surface area contributed by atoms with Crippen LogP contribution in [0.4, 0.5) is 0 Å². The van der Waals surface area contributed by atoms with Gasteiger partial charge < -0.3 is 9.84 Å². The average molecular weight is 307 g/mol. The molecule has 0 aromatic heterocycles. The Bertz CT molecular complexity index is 640. The summed E-state index contributed by atoms with van der Waals surface area (Å²) in [6.45, 7) is 0.273. The van der Waals surface area contributed by atoms with Crippen LogP contribution >= 0.6 is 23.2 Å². The molecule has 0 fully saturated rings.